The van der Waals surface area contributed by atoms with Gasteiger partial charge in [0.25, 0.3) is 0 Å². The van der Waals surface area contributed by atoms with Crippen LogP contribution in [0.5, 0.6) is 0 Å². The molecule has 0 atom stereocenters. The highest BCUT2D eigenvalue weighted by Gasteiger charge is 2.12. The Morgan fingerprint density at radius 3 is 2.29 bits per heavy atom. The van der Waals surface area contributed by atoms with E-state index in [1.165, 1.54) is 0 Å². The smallest absolute Gasteiger partial charge is 0.311 e. The normalized spacial score (nSPS) is 10.9. The van der Waals surface area contributed by atoms with E-state index in [-0.39, 0.29) is 4.49 Å². The minimum absolute atomic E-state index is 0.357. The second-order valence-electron chi connectivity index (χ2n) is 3.00. The maximum atomic E-state index is 11.2. The van der Waals surface area contributed by atoms with Crippen LogP contribution in [0.1, 0.15) is 12.5 Å². The molecule has 0 aliphatic rings. The van der Waals surface area contributed by atoms with E-state index < -0.39 is 11.0 Å². The van der Waals surface area contributed by atoms with Crippen molar-refractivity contribution in [3.05, 3.63) is 45.4 Å². The molecule has 0 aromatic heterocycles. The summed E-state index contributed by atoms with van der Waals surface area (Å²) in [7, 11) is 0. The Bertz CT molecular complexity index is 465. The van der Waals surface area contributed by atoms with Crippen LogP contribution in [-0.4, -0.2) is 11.7 Å². The first-order valence-corrected chi connectivity index (χ1v) is 5.68. The molecule has 0 saturated carbocycles. The van der Waals surface area contributed by atoms with Crippen LogP contribution in [0.15, 0.2) is 45.0 Å². The third-order valence-corrected chi connectivity index (χ3v) is 2.72. The summed E-state index contributed by atoms with van der Waals surface area (Å²) in [5.41, 5.74) is 1.37. The zero-order valence-electron chi connectivity index (χ0n) is 8.78. The van der Waals surface area contributed by atoms with Gasteiger partial charge in [-0.15, -0.1) is 0 Å². The van der Waals surface area contributed by atoms with Crippen LogP contribution in [0.4, 0.5) is 0 Å². The van der Waals surface area contributed by atoms with Crippen LogP contribution in [0.3, 0.4) is 0 Å². The molecule has 0 aliphatic heterocycles. The summed E-state index contributed by atoms with van der Waals surface area (Å²) in [6, 6.07) is 9.23. The van der Waals surface area contributed by atoms with Gasteiger partial charge in [-0.25, -0.2) is 4.79 Å². The molecule has 17 heavy (non-hydrogen) atoms. The molecule has 90 valence electrons. The number of hydrogen-bond donors (Lipinski definition) is 0. The lowest BCUT2D eigenvalue weighted by Crippen LogP contribution is -2.03. The van der Waals surface area contributed by atoms with Gasteiger partial charge in [0.2, 0.25) is 0 Å². The number of carbonyl (C=O) groups excluding carboxylic acids is 1. The van der Waals surface area contributed by atoms with Gasteiger partial charge in [0, 0.05) is 0 Å². The maximum absolute atomic E-state index is 11.2. The van der Waals surface area contributed by atoms with Crippen LogP contribution < -0.4 is 0 Å². The molecule has 0 aliphatic carbocycles. The molecule has 1 aromatic rings. The fourth-order valence-electron chi connectivity index (χ4n) is 0.959. The minimum Gasteiger partial charge on any atom is -0.311 e. The quantitative estimate of drug-likeness (QED) is 0.367. The van der Waals surface area contributed by atoms with Crippen molar-refractivity contribution in [2.24, 2.45) is 5.16 Å². The predicted octanol–water partition coefficient (Wildman–Crippen LogP) is 3.84. The second kappa shape index (κ2) is 6.64. The van der Waals surface area contributed by atoms with Gasteiger partial charge in [-0.05, 0) is 12.5 Å². The SMILES string of the molecule is CC(=NOC(=O)C(Cl)=C(Cl)Cl)c1ccccc1. The number of hydrogen-bond acceptors (Lipinski definition) is 3. The van der Waals surface area contributed by atoms with Gasteiger partial charge in [0.05, 0.1) is 5.71 Å². The van der Waals surface area contributed by atoms with Gasteiger partial charge in [0.15, 0.2) is 5.03 Å². The number of nitrogens with zero attached hydrogens (tertiary/aromatic N) is 1. The van der Waals surface area contributed by atoms with E-state index in [0.717, 1.165) is 5.56 Å². The standard InChI is InChI=1S/C11H8Cl3NO2/c1-7(8-5-3-2-4-6-8)15-17-11(16)9(12)10(13)14/h2-6H,1H3. The van der Waals surface area contributed by atoms with Crippen LogP contribution in [0.2, 0.25) is 0 Å². The average Bonchev–Trinajstić information content (AvgIpc) is 2.35. The van der Waals surface area contributed by atoms with Crippen molar-refractivity contribution in [2.45, 2.75) is 6.92 Å². The molecule has 0 spiro atoms. The van der Waals surface area contributed by atoms with Gasteiger partial charge in [-0.1, -0.05) is 70.3 Å². The van der Waals surface area contributed by atoms with E-state index in [9.17, 15) is 4.79 Å². The fourth-order valence-corrected chi connectivity index (χ4v) is 1.15. The molecule has 0 heterocycles. The number of rotatable bonds is 3. The summed E-state index contributed by atoms with van der Waals surface area (Å²) in [5.74, 6) is -0.901. The van der Waals surface area contributed by atoms with E-state index in [1.807, 2.05) is 30.3 Å². The summed E-state index contributed by atoms with van der Waals surface area (Å²) in [6.45, 7) is 1.70. The lowest BCUT2D eigenvalue weighted by Gasteiger charge is -2.00. The molecule has 6 heteroatoms. The number of carbonyl (C=O) groups is 1. The molecule has 0 radical (unpaired) electrons. The van der Waals surface area contributed by atoms with Gasteiger partial charge >= 0.3 is 5.97 Å². The average molecular weight is 293 g/mol. The Labute approximate surface area is 114 Å². The van der Waals surface area contributed by atoms with Crippen molar-refractivity contribution < 1.29 is 9.63 Å². The zero-order valence-corrected chi connectivity index (χ0v) is 11.1. The van der Waals surface area contributed by atoms with Crippen LogP contribution >= 0.6 is 34.8 Å². The van der Waals surface area contributed by atoms with Crippen molar-refractivity contribution in [1.82, 2.24) is 0 Å². The van der Waals surface area contributed by atoms with Crippen LogP contribution in [0.25, 0.3) is 0 Å². The van der Waals surface area contributed by atoms with E-state index in [4.69, 9.17) is 34.8 Å². The first-order chi connectivity index (χ1) is 8.02. The predicted molar refractivity (Wildman–Crippen MR) is 69.3 cm³/mol. The van der Waals surface area contributed by atoms with Crippen molar-refractivity contribution >= 4 is 46.5 Å². The van der Waals surface area contributed by atoms with Gasteiger partial charge < -0.3 is 4.84 Å². The first kappa shape index (κ1) is 14.0. The summed E-state index contributed by atoms with van der Waals surface area (Å²) in [4.78, 5) is 15.8. The largest absolute Gasteiger partial charge is 0.379 e. The highest BCUT2D eigenvalue weighted by molar-refractivity contribution is 6.62. The number of benzene rings is 1. The molecular formula is C11H8Cl3NO2. The van der Waals surface area contributed by atoms with Crippen LogP contribution in [-0.2, 0) is 9.63 Å². The van der Waals surface area contributed by atoms with Gasteiger partial charge in [-0.2, -0.15) is 0 Å². The molecule has 1 aromatic carbocycles. The Hall–Kier alpha value is -1.03. The number of oxime groups is 1. The maximum Gasteiger partial charge on any atom is 0.379 e. The fraction of sp³-hybridized carbons (Fsp3) is 0.0909. The second-order valence-corrected chi connectivity index (χ2v) is 4.32. The molecule has 0 amide bonds. The third-order valence-electron chi connectivity index (χ3n) is 1.80. The summed E-state index contributed by atoms with van der Waals surface area (Å²) >= 11 is 16.1. The van der Waals surface area contributed by atoms with Gasteiger partial charge in [-0.3, -0.25) is 0 Å². The Morgan fingerprint density at radius 2 is 1.76 bits per heavy atom. The summed E-state index contributed by atoms with van der Waals surface area (Å²) in [5, 5.41) is 3.22. The number of halogens is 3. The first-order valence-electron chi connectivity index (χ1n) is 4.54. The van der Waals surface area contributed by atoms with Gasteiger partial charge in [0.1, 0.15) is 4.49 Å². The van der Waals surface area contributed by atoms with Crippen molar-refractivity contribution in [1.29, 1.82) is 0 Å². The molecule has 0 unspecified atom stereocenters. The zero-order chi connectivity index (χ0) is 12.8. The Kier molecular flexibility index (Phi) is 5.48. The lowest BCUT2D eigenvalue weighted by atomic mass is 10.1. The molecule has 1 rings (SSSR count). The molecule has 0 fully saturated rings. The topological polar surface area (TPSA) is 38.7 Å². The van der Waals surface area contributed by atoms with E-state index in [2.05, 4.69) is 9.99 Å². The Balaban J connectivity index is 2.73. The van der Waals surface area contributed by atoms with E-state index >= 15 is 0 Å². The summed E-state index contributed by atoms with van der Waals surface area (Å²) in [6.07, 6.45) is 0. The lowest BCUT2D eigenvalue weighted by molar-refractivity contribution is -0.138. The third kappa shape index (κ3) is 4.38. The monoisotopic (exact) mass is 291 g/mol. The molecule has 0 bridgehead atoms. The van der Waals surface area contributed by atoms with Crippen molar-refractivity contribution in [2.75, 3.05) is 0 Å². The van der Waals surface area contributed by atoms with E-state index in [1.54, 1.807) is 6.92 Å². The Morgan fingerprint density at radius 1 is 1.18 bits per heavy atom. The minimum atomic E-state index is -0.901. The summed E-state index contributed by atoms with van der Waals surface area (Å²) < 4.78 is -0.357. The van der Waals surface area contributed by atoms with Crippen molar-refractivity contribution in [3.8, 4) is 0 Å². The highest BCUT2D eigenvalue weighted by atomic mass is 35.5. The van der Waals surface area contributed by atoms with Crippen molar-refractivity contribution in [3.63, 3.8) is 0 Å². The molecule has 3 nitrogen and oxygen atoms in total. The highest BCUT2D eigenvalue weighted by Crippen LogP contribution is 2.19. The molecular weight excluding hydrogens is 284 g/mol. The molecule has 0 saturated heterocycles. The van der Waals surface area contributed by atoms with Crippen LogP contribution in [0, 0.1) is 0 Å². The molecule has 0 N–H and O–H groups in total. The van der Waals surface area contributed by atoms with E-state index in [0.29, 0.717) is 5.71 Å².